The van der Waals surface area contributed by atoms with E-state index in [2.05, 4.69) is 19.2 Å². The van der Waals surface area contributed by atoms with Gasteiger partial charge in [0.15, 0.2) is 0 Å². The van der Waals surface area contributed by atoms with Crippen molar-refractivity contribution in [2.75, 3.05) is 6.54 Å². The summed E-state index contributed by atoms with van der Waals surface area (Å²) in [6.07, 6.45) is 4.31. The SMILES string of the molecule is CCCNC(CC)CCc1ccc([N+](=O)[O-])cc1. The molecule has 1 aromatic rings. The molecule has 1 N–H and O–H groups in total. The van der Waals surface area contributed by atoms with E-state index >= 15 is 0 Å². The number of nitrogens with zero attached hydrogens (tertiary/aromatic N) is 1. The van der Waals surface area contributed by atoms with Gasteiger partial charge < -0.3 is 5.32 Å². The van der Waals surface area contributed by atoms with E-state index in [1.807, 2.05) is 12.1 Å². The van der Waals surface area contributed by atoms with Crippen LogP contribution in [0.15, 0.2) is 24.3 Å². The van der Waals surface area contributed by atoms with Crippen molar-refractivity contribution in [1.29, 1.82) is 0 Å². The van der Waals surface area contributed by atoms with Gasteiger partial charge in [-0.15, -0.1) is 0 Å². The minimum atomic E-state index is -0.360. The molecule has 0 bridgehead atoms. The molecule has 0 amide bonds. The smallest absolute Gasteiger partial charge is 0.269 e. The van der Waals surface area contributed by atoms with Crippen molar-refractivity contribution in [3.63, 3.8) is 0 Å². The van der Waals surface area contributed by atoms with Gasteiger partial charge in [-0.1, -0.05) is 26.0 Å². The molecule has 0 aliphatic heterocycles. The van der Waals surface area contributed by atoms with Gasteiger partial charge in [-0.2, -0.15) is 0 Å². The van der Waals surface area contributed by atoms with Gasteiger partial charge in [0.2, 0.25) is 0 Å². The molecule has 1 rings (SSSR count). The van der Waals surface area contributed by atoms with Crippen molar-refractivity contribution in [3.05, 3.63) is 39.9 Å². The minimum Gasteiger partial charge on any atom is -0.314 e. The van der Waals surface area contributed by atoms with Gasteiger partial charge in [0, 0.05) is 18.2 Å². The number of hydrogen-bond acceptors (Lipinski definition) is 3. The summed E-state index contributed by atoms with van der Waals surface area (Å²) >= 11 is 0. The number of nitrogens with one attached hydrogen (secondary N) is 1. The lowest BCUT2D eigenvalue weighted by Crippen LogP contribution is -2.29. The summed E-state index contributed by atoms with van der Waals surface area (Å²) in [4.78, 5) is 10.2. The van der Waals surface area contributed by atoms with Crippen LogP contribution in [0.5, 0.6) is 0 Å². The predicted molar refractivity (Wildman–Crippen MR) is 73.8 cm³/mol. The zero-order chi connectivity index (χ0) is 13.4. The molecule has 4 nitrogen and oxygen atoms in total. The summed E-state index contributed by atoms with van der Waals surface area (Å²) in [5.74, 6) is 0. The fourth-order valence-corrected chi connectivity index (χ4v) is 1.92. The maximum Gasteiger partial charge on any atom is 0.269 e. The molecule has 0 saturated carbocycles. The molecule has 1 aromatic carbocycles. The first-order valence-electron chi connectivity index (χ1n) is 6.64. The molecule has 0 heterocycles. The Morgan fingerprint density at radius 1 is 1.28 bits per heavy atom. The quantitative estimate of drug-likeness (QED) is 0.569. The molecule has 100 valence electrons. The van der Waals surface area contributed by atoms with E-state index in [1.54, 1.807) is 12.1 Å². The van der Waals surface area contributed by atoms with Gasteiger partial charge in [-0.25, -0.2) is 0 Å². The maximum atomic E-state index is 10.5. The summed E-state index contributed by atoms with van der Waals surface area (Å²) in [7, 11) is 0. The van der Waals surface area contributed by atoms with E-state index in [9.17, 15) is 10.1 Å². The van der Waals surface area contributed by atoms with Crippen LogP contribution < -0.4 is 5.32 Å². The molecule has 0 radical (unpaired) electrons. The van der Waals surface area contributed by atoms with Gasteiger partial charge in [0.25, 0.3) is 5.69 Å². The highest BCUT2D eigenvalue weighted by atomic mass is 16.6. The molecule has 0 aromatic heterocycles. The van der Waals surface area contributed by atoms with Crippen molar-refractivity contribution in [2.45, 2.75) is 45.6 Å². The number of benzene rings is 1. The Hall–Kier alpha value is -1.42. The highest BCUT2D eigenvalue weighted by Crippen LogP contribution is 2.14. The lowest BCUT2D eigenvalue weighted by atomic mass is 10.0. The first-order chi connectivity index (χ1) is 8.67. The molecule has 0 fully saturated rings. The van der Waals surface area contributed by atoms with E-state index in [0.717, 1.165) is 37.8 Å². The predicted octanol–water partition coefficient (Wildman–Crippen LogP) is 3.31. The number of nitro benzene ring substituents is 1. The van der Waals surface area contributed by atoms with Crippen molar-refractivity contribution in [1.82, 2.24) is 5.32 Å². The van der Waals surface area contributed by atoms with Crippen molar-refractivity contribution >= 4 is 5.69 Å². The molecule has 0 aliphatic rings. The summed E-state index contributed by atoms with van der Waals surface area (Å²) in [5.41, 5.74) is 1.33. The molecule has 1 atom stereocenters. The maximum absolute atomic E-state index is 10.5. The van der Waals surface area contributed by atoms with Crippen molar-refractivity contribution < 1.29 is 4.92 Å². The average Bonchev–Trinajstić information content (AvgIpc) is 2.39. The minimum absolute atomic E-state index is 0.162. The monoisotopic (exact) mass is 250 g/mol. The van der Waals surface area contributed by atoms with E-state index in [-0.39, 0.29) is 10.6 Å². The zero-order valence-corrected chi connectivity index (χ0v) is 11.2. The molecule has 0 spiro atoms. The van der Waals surface area contributed by atoms with Crippen LogP contribution in [0.1, 0.15) is 38.7 Å². The second-order valence-electron chi connectivity index (χ2n) is 4.52. The largest absolute Gasteiger partial charge is 0.314 e. The van der Waals surface area contributed by atoms with Gasteiger partial charge in [-0.3, -0.25) is 10.1 Å². The molecule has 1 unspecified atom stereocenters. The highest BCUT2D eigenvalue weighted by Gasteiger charge is 2.07. The molecular weight excluding hydrogens is 228 g/mol. The summed E-state index contributed by atoms with van der Waals surface area (Å²) < 4.78 is 0. The lowest BCUT2D eigenvalue weighted by Gasteiger charge is -2.16. The third kappa shape index (κ3) is 4.84. The normalized spacial score (nSPS) is 12.3. The van der Waals surface area contributed by atoms with Crippen LogP contribution in [0, 0.1) is 10.1 Å². The lowest BCUT2D eigenvalue weighted by molar-refractivity contribution is -0.384. The van der Waals surface area contributed by atoms with Crippen LogP contribution in [0.3, 0.4) is 0 Å². The van der Waals surface area contributed by atoms with E-state index in [1.165, 1.54) is 0 Å². The molecule has 0 aliphatic carbocycles. The van der Waals surface area contributed by atoms with Crippen molar-refractivity contribution in [2.24, 2.45) is 0 Å². The van der Waals surface area contributed by atoms with Crippen LogP contribution in [0.2, 0.25) is 0 Å². The third-order valence-corrected chi connectivity index (χ3v) is 3.10. The topological polar surface area (TPSA) is 55.2 Å². The van der Waals surface area contributed by atoms with E-state index < -0.39 is 0 Å². The van der Waals surface area contributed by atoms with Crippen LogP contribution in [0.4, 0.5) is 5.69 Å². The highest BCUT2D eigenvalue weighted by molar-refractivity contribution is 5.32. The Bertz CT molecular complexity index is 363. The number of nitro groups is 1. The Morgan fingerprint density at radius 2 is 1.94 bits per heavy atom. The van der Waals surface area contributed by atoms with Gasteiger partial charge >= 0.3 is 0 Å². The second-order valence-corrected chi connectivity index (χ2v) is 4.52. The Labute approximate surface area is 109 Å². The fraction of sp³-hybridized carbons (Fsp3) is 0.571. The molecule has 4 heteroatoms. The summed E-state index contributed by atoms with van der Waals surface area (Å²) in [5, 5.41) is 14.0. The summed E-state index contributed by atoms with van der Waals surface area (Å²) in [6, 6.07) is 7.40. The standard InChI is InChI=1S/C14H22N2O2/c1-3-11-15-13(4-2)8-5-12-6-9-14(10-7-12)16(17)18/h6-7,9-10,13,15H,3-5,8,11H2,1-2H3. The third-order valence-electron chi connectivity index (χ3n) is 3.10. The van der Waals surface area contributed by atoms with Gasteiger partial charge in [0.1, 0.15) is 0 Å². The van der Waals surface area contributed by atoms with Crippen LogP contribution in [-0.4, -0.2) is 17.5 Å². The Balaban J connectivity index is 2.44. The molecular formula is C14H22N2O2. The van der Waals surface area contributed by atoms with E-state index in [0.29, 0.717) is 6.04 Å². The zero-order valence-electron chi connectivity index (χ0n) is 11.2. The first-order valence-corrected chi connectivity index (χ1v) is 6.64. The Kier molecular flexibility index (Phi) is 6.36. The summed E-state index contributed by atoms with van der Waals surface area (Å²) in [6.45, 7) is 5.40. The van der Waals surface area contributed by atoms with Crippen molar-refractivity contribution in [3.8, 4) is 0 Å². The Morgan fingerprint density at radius 3 is 2.44 bits per heavy atom. The van der Waals surface area contributed by atoms with Gasteiger partial charge in [-0.05, 0) is 37.8 Å². The van der Waals surface area contributed by atoms with E-state index in [4.69, 9.17) is 0 Å². The average molecular weight is 250 g/mol. The fourth-order valence-electron chi connectivity index (χ4n) is 1.92. The number of aryl methyl sites for hydroxylation is 1. The van der Waals surface area contributed by atoms with Crippen LogP contribution >= 0.6 is 0 Å². The molecule has 0 saturated heterocycles. The molecule has 18 heavy (non-hydrogen) atoms. The first kappa shape index (κ1) is 14.6. The van der Waals surface area contributed by atoms with Crippen LogP contribution in [-0.2, 0) is 6.42 Å². The number of non-ortho nitro benzene ring substituents is 1. The van der Waals surface area contributed by atoms with Gasteiger partial charge in [0.05, 0.1) is 4.92 Å². The van der Waals surface area contributed by atoms with Crippen LogP contribution in [0.25, 0.3) is 0 Å². The second kappa shape index (κ2) is 7.82. The number of hydrogen-bond donors (Lipinski definition) is 1. The number of rotatable bonds is 8.